The molecule has 1 unspecified atom stereocenters. The van der Waals surface area contributed by atoms with Crippen LogP contribution in [0.25, 0.3) is 0 Å². The fourth-order valence-corrected chi connectivity index (χ4v) is 3.79. The van der Waals surface area contributed by atoms with Gasteiger partial charge in [0.15, 0.2) is 0 Å². The van der Waals surface area contributed by atoms with Crippen molar-refractivity contribution < 1.29 is 9.59 Å². The second-order valence-corrected chi connectivity index (χ2v) is 6.82. The Morgan fingerprint density at radius 1 is 1.15 bits per heavy atom. The number of nitrogens with zero attached hydrogens (tertiary/aromatic N) is 4. The molecule has 2 aromatic rings. The van der Waals surface area contributed by atoms with E-state index >= 15 is 0 Å². The Bertz CT molecular complexity index is 880. The van der Waals surface area contributed by atoms with E-state index in [0.29, 0.717) is 31.6 Å². The molecule has 0 fully saturated rings. The van der Waals surface area contributed by atoms with E-state index in [-0.39, 0.29) is 11.8 Å². The lowest BCUT2D eigenvalue weighted by atomic mass is 10.1. The number of carbonyl (C=O) groups excluding carboxylic acids is 2. The summed E-state index contributed by atoms with van der Waals surface area (Å²) >= 11 is 0. The predicted molar refractivity (Wildman–Crippen MR) is 96.1 cm³/mol. The van der Waals surface area contributed by atoms with Gasteiger partial charge in [-0.05, 0) is 18.1 Å². The van der Waals surface area contributed by atoms with Crippen molar-refractivity contribution in [2.24, 2.45) is 0 Å². The SMILES string of the molecule is CCc1ncc2c(n1)CN(C(=O)C(CC)N1Cc3ccccc3C1=O)C2. The molecule has 0 aliphatic carbocycles. The van der Waals surface area contributed by atoms with E-state index in [4.69, 9.17) is 0 Å². The fraction of sp³-hybridized carbons (Fsp3) is 0.400. The van der Waals surface area contributed by atoms with Crippen LogP contribution in [0.3, 0.4) is 0 Å². The van der Waals surface area contributed by atoms with Crippen LogP contribution in [-0.2, 0) is 30.8 Å². The average Bonchev–Trinajstić information content (AvgIpc) is 3.23. The maximum Gasteiger partial charge on any atom is 0.255 e. The van der Waals surface area contributed by atoms with Crippen molar-refractivity contribution in [2.45, 2.75) is 52.4 Å². The number of rotatable bonds is 4. The molecule has 0 N–H and O–H groups in total. The number of benzene rings is 1. The van der Waals surface area contributed by atoms with Gasteiger partial charge in [0.25, 0.3) is 5.91 Å². The topological polar surface area (TPSA) is 66.4 Å². The van der Waals surface area contributed by atoms with E-state index in [1.807, 2.05) is 44.3 Å². The Hall–Kier alpha value is -2.76. The van der Waals surface area contributed by atoms with Gasteiger partial charge in [-0.3, -0.25) is 9.59 Å². The minimum absolute atomic E-state index is 0.00953. The number of hydrogen-bond donors (Lipinski definition) is 0. The van der Waals surface area contributed by atoms with E-state index < -0.39 is 6.04 Å². The normalized spacial score (nSPS) is 16.6. The Morgan fingerprint density at radius 2 is 1.96 bits per heavy atom. The summed E-state index contributed by atoms with van der Waals surface area (Å²) in [5.74, 6) is 0.741. The molecule has 26 heavy (non-hydrogen) atoms. The zero-order valence-corrected chi connectivity index (χ0v) is 15.1. The van der Waals surface area contributed by atoms with Gasteiger partial charge in [0.2, 0.25) is 5.91 Å². The van der Waals surface area contributed by atoms with Gasteiger partial charge in [0.1, 0.15) is 11.9 Å². The van der Waals surface area contributed by atoms with Gasteiger partial charge in [-0.2, -0.15) is 0 Å². The van der Waals surface area contributed by atoms with E-state index in [1.165, 1.54) is 0 Å². The van der Waals surface area contributed by atoms with Crippen LogP contribution in [0.15, 0.2) is 30.5 Å². The minimum Gasteiger partial charge on any atom is -0.331 e. The first-order valence-corrected chi connectivity index (χ1v) is 9.13. The molecule has 2 aliphatic heterocycles. The lowest BCUT2D eigenvalue weighted by Crippen LogP contribution is -2.47. The summed E-state index contributed by atoms with van der Waals surface area (Å²) in [6, 6.07) is 7.15. The van der Waals surface area contributed by atoms with Crippen LogP contribution in [0.5, 0.6) is 0 Å². The molecule has 1 atom stereocenters. The largest absolute Gasteiger partial charge is 0.331 e. The van der Waals surface area contributed by atoms with Crippen molar-refractivity contribution >= 4 is 11.8 Å². The van der Waals surface area contributed by atoms with Crippen LogP contribution in [0, 0.1) is 0 Å². The maximum atomic E-state index is 13.2. The summed E-state index contributed by atoms with van der Waals surface area (Å²) in [7, 11) is 0. The number of hydrogen-bond acceptors (Lipinski definition) is 4. The molecule has 6 heteroatoms. The van der Waals surface area contributed by atoms with Gasteiger partial charge in [-0.1, -0.05) is 32.0 Å². The molecule has 1 aromatic carbocycles. The highest BCUT2D eigenvalue weighted by atomic mass is 16.2. The Morgan fingerprint density at radius 3 is 2.69 bits per heavy atom. The molecule has 0 saturated carbocycles. The third-order valence-corrected chi connectivity index (χ3v) is 5.23. The van der Waals surface area contributed by atoms with E-state index in [0.717, 1.165) is 29.1 Å². The minimum atomic E-state index is -0.442. The summed E-state index contributed by atoms with van der Waals surface area (Å²) in [6.45, 7) is 5.49. The molecular formula is C20H22N4O2. The summed E-state index contributed by atoms with van der Waals surface area (Å²) in [4.78, 5) is 38.3. The molecule has 2 amide bonds. The van der Waals surface area contributed by atoms with Crippen LogP contribution in [0.1, 0.15) is 53.3 Å². The average molecular weight is 350 g/mol. The maximum absolute atomic E-state index is 13.2. The van der Waals surface area contributed by atoms with Crippen molar-refractivity contribution in [3.63, 3.8) is 0 Å². The summed E-state index contributed by atoms with van der Waals surface area (Å²) < 4.78 is 0. The Balaban J connectivity index is 1.53. The number of aryl methyl sites for hydroxylation is 1. The van der Waals surface area contributed by atoms with Gasteiger partial charge in [0, 0.05) is 36.8 Å². The fourth-order valence-electron chi connectivity index (χ4n) is 3.79. The number of aromatic nitrogens is 2. The second kappa shape index (κ2) is 6.52. The van der Waals surface area contributed by atoms with Gasteiger partial charge in [-0.25, -0.2) is 9.97 Å². The Kier molecular flexibility index (Phi) is 4.18. The Labute approximate surface area is 152 Å². The third-order valence-electron chi connectivity index (χ3n) is 5.23. The molecule has 134 valence electrons. The van der Waals surface area contributed by atoms with E-state index in [9.17, 15) is 9.59 Å². The highest BCUT2D eigenvalue weighted by Gasteiger charge is 2.38. The van der Waals surface area contributed by atoms with Crippen molar-refractivity contribution in [1.29, 1.82) is 0 Å². The zero-order valence-electron chi connectivity index (χ0n) is 15.1. The summed E-state index contributed by atoms with van der Waals surface area (Å²) in [5, 5.41) is 0. The molecule has 3 heterocycles. The molecular weight excluding hydrogens is 328 g/mol. The first-order valence-electron chi connectivity index (χ1n) is 9.13. The van der Waals surface area contributed by atoms with Crippen molar-refractivity contribution in [3.8, 4) is 0 Å². The monoisotopic (exact) mass is 350 g/mol. The molecule has 0 bridgehead atoms. The lowest BCUT2D eigenvalue weighted by Gasteiger charge is -2.29. The number of carbonyl (C=O) groups is 2. The summed E-state index contributed by atoms with van der Waals surface area (Å²) in [6.07, 6.45) is 3.20. The highest BCUT2D eigenvalue weighted by molar-refractivity contribution is 6.01. The molecule has 2 aliphatic rings. The molecule has 4 rings (SSSR count). The standard InChI is InChI=1S/C20H22N4O2/c1-3-17(24-11-13-7-5-6-8-15(13)19(24)25)20(26)23-10-14-9-21-18(4-2)22-16(14)12-23/h5-9,17H,3-4,10-12H2,1-2H3. The van der Waals surface area contributed by atoms with Crippen molar-refractivity contribution in [1.82, 2.24) is 19.8 Å². The van der Waals surface area contributed by atoms with E-state index in [1.54, 1.807) is 9.80 Å². The lowest BCUT2D eigenvalue weighted by molar-refractivity contribution is -0.137. The van der Waals surface area contributed by atoms with Crippen LogP contribution in [0.2, 0.25) is 0 Å². The van der Waals surface area contributed by atoms with Crippen molar-refractivity contribution in [3.05, 3.63) is 58.7 Å². The second-order valence-electron chi connectivity index (χ2n) is 6.82. The predicted octanol–water partition coefficient (Wildman–Crippen LogP) is 2.32. The van der Waals surface area contributed by atoms with Crippen LogP contribution in [-0.4, -0.2) is 37.6 Å². The first-order chi connectivity index (χ1) is 12.6. The number of amides is 2. The molecule has 0 saturated heterocycles. The third kappa shape index (κ3) is 2.66. The van der Waals surface area contributed by atoms with Gasteiger partial charge in [-0.15, -0.1) is 0 Å². The van der Waals surface area contributed by atoms with Crippen molar-refractivity contribution in [2.75, 3.05) is 0 Å². The first kappa shape index (κ1) is 16.7. The van der Waals surface area contributed by atoms with Gasteiger partial charge in [0.05, 0.1) is 12.2 Å². The van der Waals surface area contributed by atoms with Gasteiger partial charge >= 0.3 is 0 Å². The smallest absolute Gasteiger partial charge is 0.255 e. The molecule has 6 nitrogen and oxygen atoms in total. The summed E-state index contributed by atoms with van der Waals surface area (Å²) in [5.41, 5.74) is 3.63. The zero-order chi connectivity index (χ0) is 18.3. The quantitative estimate of drug-likeness (QED) is 0.849. The highest BCUT2D eigenvalue weighted by Crippen LogP contribution is 2.28. The van der Waals surface area contributed by atoms with Gasteiger partial charge < -0.3 is 9.80 Å². The van der Waals surface area contributed by atoms with Crippen LogP contribution >= 0.6 is 0 Å². The molecule has 0 radical (unpaired) electrons. The van der Waals surface area contributed by atoms with Crippen LogP contribution in [0.4, 0.5) is 0 Å². The van der Waals surface area contributed by atoms with E-state index in [2.05, 4.69) is 9.97 Å². The number of fused-ring (bicyclic) bond motifs is 2. The molecule has 1 aromatic heterocycles. The molecule has 0 spiro atoms. The van der Waals surface area contributed by atoms with Crippen LogP contribution < -0.4 is 0 Å².